The molecule has 1 rings (SSSR count). The zero-order chi connectivity index (χ0) is 16.8. The molecule has 0 aromatic heterocycles. The number of piperidine rings is 1. The smallest absolute Gasteiger partial charge is 0.410 e. The van der Waals surface area contributed by atoms with Crippen LogP contribution in [0.25, 0.3) is 0 Å². The Labute approximate surface area is 131 Å². The summed E-state index contributed by atoms with van der Waals surface area (Å²) in [4.78, 5) is 37.1. The van der Waals surface area contributed by atoms with Crippen LogP contribution in [0.5, 0.6) is 0 Å². The van der Waals surface area contributed by atoms with Gasteiger partial charge in [-0.25, -0.2) is 4.79 Å². The van der Waals surface area contributed by atoms with Crippen molar-refractivity contribution in [1.82, 2.24) is 15.5 Å². The number of amides is 3. The van der Waals surface area contributed by atoms with Crippen LogP contribution in [-0.2, 0) is 14.3 Å². The molecule has 1 heterocycles. The third kappa shape index (κ3) is 5.91. The summed E-state index contributed by atoms with van der Waals surface area (Å²) in [6.07, 6.45) is 2.14. The molecular formula is C15H27N3O4. The second-order valence-corrected chi connectivity index (χ2v) is 6.40. The molecule has 1 saturated heterocycles. The standard InChI is InChI=1S/C15H27N3O4/c1-15(2,3)22-14(21)18-10-6-5-7-11(18)13(20)17-9-8-12(19)16-4/h11H,5-10H2,1-4H3,(H,16,19)(H,17,20). The molecule has 0 aromatic rings. The van der Waals surface area contributed by atoms with E-state index >= 15 is 0 Å². The van der Waals surface area contributed by atoms with E-state index in [4.69, 9.17) is 4.74 Å². The van der Waals surface area contributed by atoms with E-state index in [1.165, 1.54) is 4.90 Å². The van der Waals surface area contributed by atoms with E-state index in [0.717, 1.165) is 12.8 Å². The highest BCUT2D eigenvalue weighted by atomic mass is 16.6. The molecule has 7 heteroatoms. The topological polar surface area (TPSA) is 87.7 Å². The maximum Gasteiger partial charge on any atom is 0.410 e. The van der Waals surface area contributed by atoms with Crippen LogP contribution in [0.4, 0.5) is 4.79 Å². The summed E-state index contributed by atoms with van der Waals surface area (Å²) in [5.41, 5.74) is -0.589. The van der Waals surface area contributed by atoms with Gasteiger partial charge in [-0.2, -0.15) is 0 Å². The first kappa shape index (κ1) is 18.3. The maximum atomic E-state index is 12.3. The molecule has 1 fully saturated rings. The molecule has 0 aromatic carbocycles. The summed E-state index contributed by atoms with van der Waals surface area (Å²) in [7, 11) is 1.55. The number of hydrogen-bond donors (Lipinski definition) is 2. The van der Waals surface area contributed by atoms with Crippen LogP contribution in [0.1, 0.15) is 46.5 Å². The average Bonchev–Trinajstić information content (AvgIpc) is 2.45. The zero-order valence-corrected chi connectivity index (χ0v) is 13.9. The van der Waals surface area contributed by atoms with Gasteiger partial charge in [0.25, 0.3) is 0 Å². The maximum absolute atomic E-state index is 12.3. The van der Waals surface area contributed by atoms with Crippen LogP contribution >= 0.6 is 0 Å². The number of hydrogen-bond acceptors (Lipinski definition) is 4. The van der Waals surface area contributed by atoms with Gasteiger partial charge in [0.1, 0.15) is 11.6 Å². The average molecular weight is 313 g/mol. The Morgan fingerprint density at radius 2 is 1.91 bits per heavy atom. The van der Waals surface area contributed by atoms with Gasteiger partial charge in [-0.1, -0.05) is 0 Å². The van der Waals surface area contributed by atoms with E-state index in [9.17, 15) is 14.4 Å². The number of carbonyl (C=O) groups is 3. The zero-order valence-electron chi connectivity index (χ0n) is 13.9. The van der Waals surface area contributed by atoms with Crippen molar-refractivity contribution in [3.05, 3.63) is 0 Å². The van der Waals surface area contributed by atoms with Gasteiger partial charge in [-0.3, -0.25) is 14.5 Å². The monoisotopic (exact) mass is 313 g/mol. The minimum absolute atomic E-state index is 0.132. The molecule has 1 unspecified atom stereocenters. The number of ether oxygens (including phenoxy) is 1. The molecular weight excluding hydrogens is 286 g/mol. The van der Waals surface area contributed by atoms with E-state index in [0.29, 0.717) is 13.0 Å². The van der Waals surface area contributed by atoms with Crippen LogP contribution in [0.3, 0.4) is 0 Å². The van der Waals surface area contributed by atoms with Crippen LogP contribution in [-0.4, -0.2) is 54.6 Å². The van der Waals surface area contributed by atoms with E-state index in [2.05, 4.69) is 10.6 Å². The molecule has 1 aliphatic rings. The first-order valence-corrected chi connectivity index (χ1v) is 7.72. The molecule has 0 bridgehead atoms. The number of rotatable bonds is 4. The van der Waals surface area contributed by atoms with Crippen molar-refractivity contribution in [2.75, 3.05) is 20.1 Å². The molecule has 0 aliphatic carbocycles. The summed E-state index contributed by atoms with van der Waals surface area (Å²) in [5, 5.41) is 5.21. The molecule has 1 atom stereocenters. The normalized spacial score (nSPS) is 18.5. The fraction of sp³-hybridized carbons (Fsp3) is 0.800. The lowest BCUT2D eigenvalue weighted by Gasteiger charge is -2.35. The van der Waals surface area contributed by atoms with Crippen LogP contribution in [0.2, 0.25) is 0 Å². The first-order valence-electron chi connectivity index (χ1n) is 7.72. The van der Waals surface area contributed by atoms with Gasteiger partial charge in [-0.05, 0) is 40.0 Å². The molecule has 7 nitrogen and oxygen atoms in total. The van der Waals surface area contributed by atoms with Crippen molar-refractivity contribution in [3.8, 4) is 0 Å². The number of likely N-dealkylation sites (tertiary alicyclic amines) is 1. The van der Waals surface area contributed by atoms with Crippen molar-refractivity contribution in [2.24, 2.45) is 0 Å². The van der Waals surface area contributed by atoms with E-state index in [1.54, 1.807) is 27.8 Å². The van der Waals surface area contributed by atoms with Gasteiger partial charge in [0, 0.05) is 26.6 Å². The van der Waals surface area contributed by atoms with Crippen LogP contribution < -0.4 is 10.6 Å². The summed E-state index contributed by atoms with van der Waals surface area (Å²) in [5.74, 6) is -0.359. The molecule has 0 spiro atoms. The van der Waals surface area contributed by atoms with E-state index in [-0.39, 0.29) is 24.8 Å². The van der Waals surface area contributed by atoms with Gasteiger partial charge < -0.3 is 15.4 Å². The molecule has 22 heavy (non-hydrogen) atoms. The lowest BCUT2D eigenvalue weighted by molar-refractivity contribution is -0.127. The lowest BCUT2D eigenvalue weighted by atomic mass is 10.0. The molecule has 1 aliphatic heterocycles. The van der Waals surface area contributed by atoms with Crippen molar-refractivity contribution >= 4 is 17.9 Å². The number of nitrogens with one attached hydrogen (secondary N) is 2. The van der Waals surface area contributed by atoms with Gasteiger partial charge in [0.2, 0.25) is 11.8 Å². The third-order valence-corrected chi connectivity index (χ3v) is 3.36. The Morgan fingerprint density at radius 1 is 1.23 bits per heavy atom. The highest BCUT2D eigenvalue weighted by molar-refractivity contribution is 5.86. The first-order chi connectivity index (χ1) is 10.2. The van der Waals surface area contributed by atoms with Gasteiger partial charge in [0.05, 0.1) is 0 Å². The third-order valence-electron chi connectivity index (χ3n) is 3.36. The molecule has 3 amide bonds. The lowest BCUT2D eigenvalue weighted by Crippen LogP contribution is -2.53. The molecule has 2 N–H and O–H groups in total. The van der Waals surface area contributed by atoms with E-state index in [1.807, 2.05) is 0 Å². The van der Waals surface area contributed by atoms with Gasteiger partial charge in [0.15, 0.2) is 0 Å². The van der Waals surface area contributed by atoms with Crippen molar-refractivity contribution in [3.63, 3.8) is 0 Å². The fourth-order valence-corrected chi connectivity index (χ4v) is 2.29. The fourth-order valence-electron chi connectivity index (χ4n) is 2.29. The Morgan fingerprint density at radius 3 is 2.50 bits per heavy atom. The Kier molecular flexibility index (Phi) is 6.64. The minimum atomic E-state index is -0.589. The van der Waals surface area contributed by atoms with Gasteiger partial charge in [-0.15, -0.1) is 0 Å². The number of carbonyl (C=O) groups excluding carboxylic acids is 3. The second kappa shape index (κ2) is 8.00. The van der Waals surface area contributed by atoms with Crippen LogP contribution in [0, 0.1) is 0 Å². The summed E-state index contributed by atoms with van der Waals surface area (Å²) >= 11 is 0. The van der Waals surface area contributed by atoms with Gasteiger partial charge >= 0.3 is 6.09 Å². The molecule has 0 radical (unpaired) electrons. The van der Waals surface area contributed by atoms with Crippen molar-refractivity contribution < 1.29 is 19.1 Å². The summed E-state index contributed by atoms with van der Waals surface area (Å²) < 4.78 is 5.36. The SMILES string of the molecule is CNC(=O)CCNC(=O)C1CCCCN1C(=O)OC(C)(C)C. The summed E-state index contributed by atoms with van der Waals surface area (Å²) in [6, 6.07) is -0.520. The Balaban J connectivity index is 2.58. The number of nitrogens with zero attached hydrogens (tertiary/aromatic N) is 1. The Bertz CT molecular complexity index is 418. The Hall–Kier alpha value is -1.79. The van der Waals surface area contributed by atoms with E-state index < -0.39 is 17.7 Å². The second-order valence-electron chi connectivity index (χ2n) is 6.40. The predicted octanol–water partition coefficient (Wildman–Crippen LogP) is 1.03. The molecule has 126 valence electrons. The van der Waals surface area contributed by atoms with Crippen LogP contribution in [0.15, 0.2) is 0 Å². The van der Waals surface area contributed by atoms with Crippen molar-refractivity contribution in [2.45, 2.75) is 58.1 Å². The highest BCUT2D eigenvalue weighted by Gasteiger charge is 2.34. The largest absolute Gasteiger partial charge is 0.444 e. The quantitative estimate of drug-likeness (QED) is 0.811. The predicted molar refractivity (Wildman–Crippen MR) is 82.3 cm³/mol. The summed E-state index contributed by atoms with van der Waals surface area (Å²) in [6.45, 7) is 6.17. The minimum Gasteiger partial charge on any atom is -0.444 e. The highest BCUT2D eigenvalue weighted by Crippen LogP contribution is 2.20. The van der Waals surface area contributed by atoms with Crippen molar-refractivity contribution in [1.29, 1.82) is 0 Å². The molecule has 0 saturated carbocycles.